The molecule has 1 N–H and O–H groups in total. The minimum atomic E-state index is -3.50. The second-order valence-corrected chi connectivity index (χ2v) is 8.53. The highest BCUT2D eigenvalue weighted by Crippen LogP contribution is 2.23. The first-order valence-electron chi connectivity index (χ1n) is 9.08. The van der Waals surface area contributed by atoms with Crippen LogP contribution in [0.3, 0.4) is 0 Å². The summed E-state index contributed by atoms with van der Waals surface area (Å²) in [4.78, 5) is 16.4. The van der Waals surface area contributed by atoms with E-state index >= 15 is 0 Å². The SMILES string of the molecule is O=C(CCn1nnc2cc(S(=O)(=O)N3CCCC3)ccc21)Nc1ccccn1. The van der Waals surface area contributed by atoms with Crippen molar-refractivity contribution in [2.24, 2.45) is 0 Å². The van der Waals surface area contributed by atoms with Crippen LogP contribution in [0.15, 0.2) is 47.5 Å². The molecule has 3 heterocycles. The Morgan fingerprint density at radius 1 is 1.14 bits per heavy atom. The Morgan fingerprint density at radius 2 is 1.96 bits per heavy atom. The van der Waals surface area contributed by atoms with Crippen LogP contribution in [-0.2, 0) is 21.4 Å². The van der Waals surface area contributed by atoms with Crippen molar-refractivity contribution in [1.82, 2.24) is 24.3 Å². The normalized spacial score (nSPS) is 15.1. The molecular weight excluding hydrogens is 380 g/mol. The number of hydrogen-bond donors (Lipinski definition) is 1. The molecular formula is C18H20N6O3S. The molecule has 28 heavy (non-hydrogen) atoms. The first-order chi connectivity index (χ1) is 13.5. The standard InChI is InChI=1S/C18H20N6O3S/c25-18(20-17-5-1-2-9-19-17)8-12-24-16-7-6-14(13-15(16)21-22-24)28(26,27)23-10-3-4-11-23/h1-2,5-7,9,13H,3-4,8,10-12H2,(H,19,20,25). The van der Waals surface area contributed by atoms with Crippen LogP contribution < -0.4 is 5.32 Å². The van der Waals surface area contributed by atoms with E-state index in [0.29, 0.717) is 36.5 Å². The van der Waals surface area contributed by atoms with Crippen LogP contribution in [0, 0.1) is 0 Å². The van der Waals surface area contributed by atoms with Crippen LogP contribution in [0.4, 0.5) is 5.82 Å². The number of benzene rings is 1. The van der Waals surface area contributed by atoms with Crippen molar-refractivity contribution in [3.05, 3.63) is 42.6 Å². The largest absolute Gasteiger partial charge is 0.311 e. The molecule has 0 bridgehead atoms. The van der Waals surface area contributed by atoms with E-state index in [4.69, 9.17) is 0 Å². The summed E-state index contributed by atoms with van der Waals surface area (Å²) in [6.45, 7) is 1.43. The summed E-state index contributed by atoms with van der Waals surface area (Å²) < 4.78 is 28.5. The van der Waals surface area contributed by atoms with Crippen LogP contribution in [0.25, 0.3) is 11.0 Å². The summed E-state index contributed by atoms with van der Waals surface area (Å²) in [5.74, 6) is 0.309. The number of hydrogen-bond acceptors (Lipinski definition) is 6. The van der Waals surface area contributed by atoms with Gasteiger partial charge in [-0.3, -0.25) is 4.79 Å². The van der Waals surface area contributed by atoms with Crippen molar-refractivity contribution in [1.29, 1.82) is 0 Å². The van der Waals surface area contributed by atoms with E-state index in [9.17, 15) is 13.2 Å². The zero-order valence-electron chi connectivity index (χ0n) is 15.2. The monoisotopic (exact) mass is 400 g/mol. The maximum absolute atomic E-state index is 12.7. The Hall–Kier alpha value is -2.85. The molecule has 0 saturated carbocycles. The molecule has 0 atom stereocenters. The highest BCUT2D eigenvalue weighted by molar-refractivity contribution is 7.89. The molecule has 1 aliphatic heterocycles. The Kier molecular flexibility index (Phi) is 5.05. The molecule has 3 aromatic rings. The number of carbonyl (C=O) groups excluding carboxylic acids is 1. The van der Waals surface area contributed by atoms with Crippen LogP contribution >= 0.6 is 0 Å². The van der Waals surface area contributed by atoms with Gasteiger partial charge in [0.1, 0.15) is 11.3 Å². The molecule has 1 fully saturated rings. The van der Waals surface area contributed by atoms with Gasteiger partial charge in [-0.05, 0) is 43.2 Å². The highest BCUT2D eigenvalue weighted by Gasteiger charge is 2.27. The fourth-order valence-electron chi connectivity index (χ4n) is 3.20. The van der Waals surface area contributed by atoms with E-state index in [1.54, 1.807) is 47.3 Å². The number of pyridine rings is 1. The summed E-state index contributed by atoms with van der Waals surface area (Å²) in [7, 11) is -3.50. The van der Waals surface area contributed by atoms with Gasteiger partial charge >= 0.3 is 0 Å². The van der Waals surface area contributed by atoms with Gasteiger partial charge in [0, 0.05) is 25.7 Å². The summed E-state index contributed by atoms with van der Waals surface area (Å²) in [6.07, 6.45) is 3.58. The van der Waals surface area contributed by atoms with E-state index in [1.807, 2.05) is 0 Å². The molecule has 1 amide bonds. The lowest BCUT2D eigenvalue weighted by molar-refractivity contribution is -0.116. The van der Waals surface area contributed by atoms with Gasteiger partial charge in [0.05, 0.1) is 17.0 Å². The van der Waals surface area contributed by atoms with Gasteiger partial charge in [-0.2, -0.15) is 4.31 Å². The minimum Gasteiger partial charge on any atom is -0.311 e. The van der Waals surface area contributed by atoms with E-state index in [1.165, 1.54) is 4.31 Å². The number of rotatable bonds is 6. The second-order valence-electron chi connectivity index (χ2n) is 6.59. The molecule has 1 aromatic carbocycles. The molecule has 146 valence electrons. The van der Waals surface area contributed by atoms with Crippen molar-refractivity contribution in [2.45, 2.75) is 30.7 Å². The zero-order chi connectivity index (χ0) is 19.6. The highest BCUT2D eigenvalue weighted by atomic mass is 32.2. The van der Waals surface area contributed by atoms with E-state index < -0.39 is 10.0 Å². The lowest BCUT2D eigenvalue weighted by atomic mass is 10.3. The lowest BCUT2D eigenvalue weighted by Crippen LogP contribution is -2.27. The topological polar surface area (TPSA) is 110 Å². The molecule has 9 nitrogen and oxygen atoms in total. The third-order valence-corrected chi connectivity index (χ3v) is 6.57. The first-order valence-corrected chi connectivity index (χ1v) is 10.5. The van der Waals surface area contributed by atoms with Crippen LogP contribution in [-0.4, -0.2) is 51.7 Å². The predicted molar refractivity (Wildman–Crippen MR) is 103 cm³/mol. The van der Waals surface area contributed by atoms with E-state index in [0.717, 1.165) is 12.8 Å². The van der Waals surface area contributed by atoms with Gasteiger partial charge in [-0.1, -0.05) is 11.3 Å². The Bertz CT molecular complexity index is 1090. The number of nitrogens with zero attached hydrogens (tertiary/aromatic N) is 5. The number of aryl methyl sites for hydroxylation is 1. The average Bonchev–Trinajstić information content (AvgIpc) is 3.37. The first kappa shape index (κ1) is 18.5. The van der Waals surface area contributed by atoms with Crippen LogP contribution in [0.5, 0.6) is 0 Å². The average molecular weight is 400 g/mol. The summed E-state index contributed by atoms with van der Waals surface area (Å²) in [5.41, 5.74) is 1.18. The van der Waals surface area contributed by atoms with Gasteiger partial charge in [-0.15, -0.1) is 5.10 Å². The van der Waals surface area contributed by atoms with Gasteiger partial charge in [0.2, 0.25) is 15.9 Å². The second kappa shape index (κ2) is 7.64. The molecule has 4 rings (SSSR count). The molecule has 0 aliphatic carbocycles. The molecule has 1 saturated heterocycles. The smallest absolute Gasteiger partial charge is 0.243 e. The van der Waals surface area contributed by atoms with Gasteiger partial charge < -0.3 is 5.32 Å². The number of nitrogens with one attached hydrogen (secondary N) is 1. The number of amides is 1. The van der Waals surface area contributed by atoms with Crippen molar-refractivity contribution in [2.75, 3.05) is 18.4 Å². The van der Waals surface area contributed by atoms with Crippen LogP contribution in [0.2, 0.25) is 0 Å². The number of fused-ring (bicyclic) bond motifs is 1. The maximum atomic E-state index is 12.7. The molecule has 0 radical (unpaired) electrons. The van der Waals surface area contributed by atoms with Crippen molar-refractivity contribution < 1.29 is 13.2 Å². The lowest BCUT2D eigenvalue weighted by Gasteiger charge is -2.15. The fourth-order valence-corrected chi connectivity index (χ4v) is 4.74. The number of sulfonamides is 1. The Morgan fingerprint density at radius 3 is 2.71 bits per heavy atom. The van der Waals surface area contributed by atoms with Gasteiger partial charge in [0.25, 0.3) is 0 Å². The quantitative estimate of drug-likeness (QED) is 0.674. The third-order valence-electron chi connectivity index (χ3n) is 4.67. The van der Waals surface area contributed by atoms with Crippen molar-refractivity contribution in [3.8, 4) is 0 Å². The summed E-state index contributed by atoms with van der Waals surface area (Å²) in [6, 6.07) is 10.1. The van der Waals surface area contributed by atoms with Crippen molar-refractivity contribution >= 4 is 32.8 Å². The maximum Gasteiger partial charge on any atom is 0.243 e. The Labute approximate surface area is 162 Å². The third kappa shape index (κ3) is 3.73. The Balaban J connectivity index is 1.47. The predicted octanol–water partition coefficient (Wildman–Crippen LogP) is 1.64. The van der Waals surface area contributed by atoms with Crippen molar-refractivity contribution in [3.63, 3.8) is 0 Å². The number of anilines is 1. The molecule has 10 heteroatoms. The van der Waals surface area contributed by atoms with Crippen LogP contribution in [0.1, 0.15) is 19.3 Å². The minimum absolute atomic E-state index is 0.185. The zero-order valence-corrected chi connectivity index (χ0v) is 16.0. The van der Waals surface area contributed by atoms with Gasteiger partial charge in [0.15, 0.2) is 0 Å². The summed E-state index contributed by atoms with van der Waals surface area (Å²) in [5, 5.41) is 10.8. The molecule has 0 spiro atoms. The fraction of sp³-hybridized carbons (Fsp3) is 0.333. The van der Waals surface area contributed by atoms with Gasteiger partial charge in [-0.25, -0.2) is 18.1 Å². The van der Waals surface area contributed by atoms with E-state index in [-0.39, 0.29) is 17.2 Å². The molecule has 1 aliphatic rings. The molecule has 2 aromatic heterocycles. The molecule has 0 unspecified atom stereocenters. The summed E-state index contributed by atoms with van der Waals surface area (Å²) >= 11 is 0. The van der Waals surface area contributed by atoms with E-state index in [2.05, 4.69) is 20.6 Å². The number of carbonyl (C=O) groups is 1. The number of aromatic nitrogens is 4.